The molecule has 0 bridgehead atoms. The van der Waals surface area contributed by atoms with Crippen LogP contribution in [0.4, 0.5) is 5.69 Å². The summed E-state index contributed by atoms with van der Waals surface area (Å²) in [6, 6.07) is 8.64. The fourth-order valence-electron chi connectivity index (χ4n) is 4.32. The van der Waals surface area contributed by atoms with Crippen LogP contribution in [0.15, 0.2) is 30.5 Å². The number of hydrogen-bond acceptors (Lipinski definition) is 4. The lowest BCUT2D eigenvalue weighted by Gasteiger charge is -2.42. The van der Waals surface area contributed by atoms with E-state index >= 15 is 0 Å². The maximum absolute atomic E-state index is 12.5. The third kappa shape index (κ3) is 4.93. The minimum Gasteiger partial charge on any atom is -0.370 e. The molecule has 3 rings (SSSR count). The van der Waals surface area contributed by atoms with E-state index in [-0.39, 0.29) is 18.1 Å². The molecule has 1 aromatic heterocycles. The topological polar surface area (TPSA) is 59.4 Å². The molecule has 2 aromatic rings. The molecule has 0 radical (unpaired) electrons. The predicted molar refractivity (Wildman–Crippen MR) is 121 cm³/mol. The quantitative estimate of drug-likeness (QED) is 0.724. The molecule has 0 saturated carbocycles. The van der Waals surface area contributed by atoms with E-state index in [0.717, 1.165) is 37.3 Å². The normalized spacial score (nSPS) is 21.9. The largest absolute Gasteiger partial charge is 0.370 e. The molecule has 1 aliphatic heterocycles. The van der Waals surface area contributed by atoms with E-state index in [1.165, 1.54) is 5.56 Å². The highest BCUT2D eigenvalue weighted by molar-refractivity contribution is 6.04. The smallest absolute Gasteiger partial charge is 0.259 e. The first-order chi connectivity index (χ1) is 14.3. The van der Waals surface area contributed by atoms with Crippen molar-refractivity contribution in [2.45, 2.75) is 65.7 Å². The van der Waals surface area contributed by atoms with Crippen LogP contribution in [-0.2, 0) is 11.8 Å². The zero-order chi connectivity index (χ0) is 21.8. The van der Waals surface area contributed by atoms with Crippen LogP contribution in [0.5, 0.6) is 0 Å². The Balaban J connectivity index is 1.72. The summed E-state index contributed by atoms with van der Waals surface area (Å²) in [4.78, 5) is 15.1. The van der Waals surface area contributed by atoms with Crippen molar-refractivity contribution in [2.75, 3.05) is 18.4 Å². The van der Waals surface area contributed by atoms with Gasteiger partial charge in [-0.2, -0.15) is 5.10 Å². The zero-order valence-electron chi connectivity index (χ0n) is 19.2. The number of benzene rings is 1. The van der Waals surface area contributed by atoms with E-state index in [1.807, 2.05) is 26.1 Å². The lowest BCUT2D eigenvalue weighted by atomic mass is 9.89. The third-order valence-corrected chi connectivity index (χ3v) is 6.42. The molecule has 1 aliphatic rings. The summed E-state index contributed by atoms with van der Waals surface area (Å²) in [6.07, 6.45) is 4.05. The first-order valence-electron chi connectivity index (χ1n) is 11.1. The Bertz CT molecular complexity index is 839. The molecule has 30 heavy (non-hydrogen) atoms. The highest BCUT2D eigenvalue weighted by atomic mass is 16.5. The predicted octanol–water partition coefficient (Wildman–Crippen LogP) is 4.57. The molecule has 0 unspecified atom stereocenters. The first-order valence-corrected chi connectivity index (χ1v) is 11.1. The standard InChI is InChI=1S/C24H36N4O2/c1-7-28(8-2)20-13-22(16(3)4)30-23(14-20)18-9-11-19(12-10-18)26-24(29)21-15-25-27(6)17(21)5/h9-12,15-16,20,22-23H,7-8,13-14H2,1-6H3,(H,26,29)/t20-,22-,23+/m1/s1. The van der Waals surface area contributed by atoms with Crippen LogP contribution in [0, 0.1) is 12.8 Å². The van der Waals surface area contributed by atoms with Gasteiger partial charge in [0.2, 0.25) is 0 Å². The number of carbonyl (C=O) groups excluding carboxylic acids is 1. The van der Waals surface area contributed by atoms with Crippen molar-refractivity contribution in [2.24, 2.45) is 13.0 Å². The first kappa shape index (κ1) is 22.5. The van der Waals surface area contributed by atoms with Crippen molar-refractivity contribution in [3.8, 4) is 0 Å². The number of amides is 1. The van der Waals surface area contributed by atoms with Gasteiger partial charge in [-0.05, 0) is 56.5 Å². The number of nitrogens with one attached hydrogen (secondary N) is 1. The summed E-state index contributed by atoms with van der Waals surface area (Å²) < 4.78 is 8.19. The molecule has 1 amide bonds. The molecule has 3 atom stereocenters. The van der Waals surface area contributed by atoms with Crippen molar-refractivity contribution in [3.05, 3.63) is 47.3 Å². The average molecular weight is 413 g/mol. The number of aryl methyl sites for hydroxylation is 1. The summed E-state index contributed by atoms with van der Waals surface area (Å²) >= 11 is 0. The van der Waals surface area contributed by atoms with Crippen LogP contribution in [0.1, 0.15) is 68.3 Å². The highest BCUT2D eigenvalue weighted by Gasteiger charge is 2.34. The number of anilines is 1. The zero-order valence-corrected chi connectivity index (χ0v) is 19.2. The Hall–Kier alpha value is -2.18. The van der Waals surface area contributed by atoms with Gasteiger partial charge < -0.3 is 15.0 Å². The number of nitrogens with zero attached hydrogens (tertiary/aromatic N) is 3. The highest BCUT2D eigenvalue weighted by Crippen LogP contribution is 2.36. The molecule has 1 fully saturated rings. The molecule has 6 nitrogen and oxygen atoms in total. The number of hydrogen-bond donors (Lipinski definition) is 1. The molecule has 0 spiro atoms. The summed E-state index contributed by atoms with van der Waals surface area (Å²) in [5, 5.41) is 7.12. The lowest BCUT2D eigenvalue weighted by molar-refractivity contribution is -0.101. The maximum atomic E-state index is 12.5. The maximum Gasteiger partial charge on any atom is 0.259 e. The van der Waals surface area contributed by atoms with Gasteiger partial charge in [-0.3, -0.25) is 9.48 Å². The van der Waals surface area contributed by atoms with Gasteiger partial charge in [0.25, 0.3) is 5.91 Å². The molecule has 1 aromatic carbocycles. The van der Waals surface area contributed by atoms with Gasteiger partial charge in [0.1, 0.15) is 0 Å². The Morgan fingerprint density at radius 3 is 2.43 bits per heavy atom. The molecular formula is C24H36N4O2. The molecule has 1 N–H and O–H groups in total. The van der Waals surface area contributed by atoms with E-state index in [9.17, 15) is 4.79 Å². The molecule has 164 valence electrons. The molecular weight excluding hydrogens is 376 g/mol. The number of carbonyl (C=O) groups is 1. The number of rotatable bonds is 7. The van der Waals surface area contributed by atoms with Crippen molar-refractivity contribution >= 4 is 11.6 Å². The van der Waals surface area contributed by atoms with Crippen LogP contribution in [-0.4, -0.2) is 45.8 Å². The van der Waals surface area contributed by atoms with Crippen LogP contribution >= 0.6 is 0 Å². The van der Waals surface area contributed by atoms with Crippen LogP contribution in [0.25, 0.3) is 0 Å². The van der Waals surface area contributed by atoms with Gasteiger partial charge in [-0.25, -0.2) is 0 Å². The van der Waals surface area contributed by atoms with Crippen molar-refractivity contribution in [1.29, 1.82) is 0 Å². The van der Waals surface area contributed by atoms with Gasteiger partial charge in [0.05, 0.1) is 24.0 Å². The van der Waals surface area contributed by atoms with Gasteiger partial charge in [-0.15, -0.1) is 0 Å². The van der Waals surface area contributed by atoms with Gasteiger partial charge in [0, 0.05) is 24.5 Å². The second-order valence-electron chi connectivity index (χ2n) is 8.60. The molecule has 0 aliphatic carbocycles. The summed E-state index contributed by atoms with van der Waals surface area (Å²) in [5.74, 6) is 0.357. The van der Waals surface area contributed by atoms with E-state index in [2.05, 4.69) is 55.1 Å². The molecule has 2 heterocycles. The van der Waals surface area contributed by atoms with E-state index in [0.29, 0.717) is 17.5 Å². The summed E-state index contributed by atoms with van der Waals surface area (Å²) in [5.41, 5.74) is 3.40. The third-order valence-electron chi connectivity index (χ3n) is 6.42. The van der Waals surface area contributed by atoms with Crippen molar-refractivity contribution in [3.63, 3.8) is 0 Å². The van der Waals surface area contributed by atoms with E-state index in [4.69, 9.17) is 4.74 Å². The number of ether oxygens (including phenoxy) is 1. The Morgan fingerprint density at radius 1 is 1.23 bits per heavy atom. The fraction of sp³-hybridized carbons (Fsp3) is 0.583. The summed E-state index contributed by atoms with van der Waals surface area (Å²) in [6.45, 7) is 13.0. The van der Waals surface area contributed by atoms with Gasteiger partial charge in [0.15, 0.2) is 0 Å². The van der Waals surface area contributed by atoms with Crippen LogP contribution in [0.3, 0.4) is 0 Å². The Kier molecular flexibility index (Phi) is 7.32. The van der Waals surface area contributed by atoms with Crippen LogP contribution < -0.4 is 5.32 Å². The Morgan fingerprint density at radius 2 is 1.90 bits per heavy atom. The monoisotopic (exact) mass is 412 g/mol. The number of aromatic nitrogens is 2. The van der Waals surface area contributed by atoms with E-state index < -0.39 is 0 Å². The van der Waals surface area contributed by atoms with Gasteiger partial charge in [-0.1, -0.05) is 39.8 Å². The molecule has 6 heteroatoms. The van der Waals surface area contributed by atoms with E-state index in [1.54, 1.807) is 10.9 Å². The SMILES string of the molecule is CCN(CC)[C@H]1C[C@@H](c2ccc(NC(=O)c3cnn(C)c3C)cc2)O[C@@H](C(C)C)C1. The fourth-order valence-corrected chi connectivity index (χ4v) is 4.32. The minimum absolute atomic E-state index is 0.0852. The molecule has 1 saturated heterocycles. The van der Waals surface area contributed by atoms with Crippen LogP contribution in [0.2, 0.25) is 0 Å². The second kappa shape index (κ2) is 9.75. The van der Waals surface area contributed by atoms with Crippen molar-refractivity contribution < 1.29 is 9.53 Å². The van der Waals surface area contributed by atoms with Gasteiger partial charge >= 0.3 is 0 Å². The lowest BCUT2D eigenvalue weighted by Crippen LogP contribution is -2.44. The Labute approximate surface area is 180 Å². The summed E-state index contributed by atoms with van der Waals surface area (Å²) in [7, 11) is 1.83. The average Bonchev–Trinajstić information content (AvgIpc) is 3.08. The second-order valence-corrected chi connectivity index (χ2v) is 8.60. The minimum atomic E-state index is -0.135. The van der Waals surface area contributed by atoms with Crippen molar-refractivity contribution in [1.82, 2.24) is 14.7 Å².